The fraction of sp³-hybridized carbons (Fsp3) is 0.524. The van der Waals surface area contributed by atoms with Crippen molar-refractivity contribution in [3.8, 4) is 11.5 Å². The van der Waals surface area contributed by atoms with Crippen LogP contribution in [0.5, 0.6) is 11.5 Å². The quantitative estimate of drug-likeness (QED) is 0.534. The second-order valence-electron chi connectivity index (χ2n) is 7.62. The Morgan fingerprint density at radius 1 is 1.38 bits per heavy atom. The summed E-state index contributed by atoms with van der Waals surface area (Å²) in [5.41, 5.74) is 0.886. The van der Waals surface area contributed by atoms with Gasteiger partial charge in [-0.1, -0.05) is 18.0 Å². The lowest BCUT2D eigenvalue weighted by Gasteiger charge is -2.45. The van der Waals surface area contributed by atoms with Crippen LogP contribution in [-0.4, -0.2) is 34.8 Å². The predicted molar refractivity (Wildman–Crippen MR) is 113 cm³/mol. The van der Waals surface area contributed by atoms with Crippen LogP contribution in [0.2, 0.25) is 5.02 Å². The molecule has 29 heavy (non-hydrogen) atoms. The third-order valence-corrected chi connectivity index (χ3v) is 6.51. The summed E-state index contributed by atoms with van der Waals surface area (Å²) in [4.78, 5) is 16.9. The van der Waals surface area contributed by atoms with Crippen molar-refractivity contribution >= 4 is 30.2 Å². The SMILES string of the molecule is CCOC(=O)c1cnc(S)n1C1CC2(CCCCC2)Oc2cc(OC)cc(Cl)c21. The van der Waals surface area contributed by atoms with Crippen LogP contribution in [0, 0.1) is 0 Å². The second kappa shape index (κ2) is 8.11. The highest BCUT2D eigenvalue weighted by Crippen LogP contribution is 2.51. The Bertz CT molecular complexity index is 924. The number of halogens is 1. The average Bonchev–Trinajstić information content (AvgIpc) is 3.09. The number of aromatic nitrogens is 2. The van der Waals surface area contributed by atoms with Crippen LogP contribution < -0.4 is 9.47 Å². The third-order valence-electron chi connectivity index (χ3n) is 5.86. The minimum Gasteiger partial charge on any atom is -0.497 e. The number of rotatable bonds is 4. The van der Waals surface area contributed by atoms with Crippen molar-refractivity contribution in [1.29, 1.82) is 0 Å². The van der Waals surface area contributed by atoms with Crippen LogP contribution in [0.3, 0.4) is 0 Å². The first-order valence-corrected chi connectivity index (χ1v) is 10.8. The van der Waals surface area contributed by atoms with Gasteiger partial charge in [0.05, 0.1) is 31.0 Å². The number of esters is 1. The van der Waals surface area contributed by atoms with E-state index < -0.39 is 5.97 Å². The molecule has 0 amide bonds. The van der Waals surface area contributed by atoms with Gasteiger partial charge in [0.2, 0.25) is 0 Å². The van der Waals surface area contributed by atoms with E-state index in [2.05, 4.69) is 17.6 Å². The number of imidazole rings is 1. The van der Waals surface area contributed by atoms with Gasteiger partial charge in [-0.2, -0.15) is 0 Å². The number of hydrogen-bond acceptors (Lipinski definition) is 6. The van der Waals surface area contributed by atoms with Gasteiger partial charge in [0.15, 0.2) is 5.16 Å². The lowest BCUT2D eigenvalue weighted by molar-refractivity contribution is -0.00388. The molecule has 2 heterocycles. The predicted octanol–water partition coefficient (Wildman–Crippen LogP) is 5.09. The summed E-state index contributed by atoms with van der Waals surface area (Å²) >= 11 is 11.2. The van der Waals surface area contributed by atoms with Crippen molar-refractivity contribution in [1.82, 2.24) is 9.55 Å². The first kappa shape index (κ1) is 20.4. The van der Waals surface area contributed by atoms with Gasteiger partial charge in [0.1, 0.15) is 22.8 Å². The van der Waals surface area contributed by atoms with Gasteiger partial charge in [-0.15, -0.1) is 12.6 Å². The molecule has 1 unspecified atom stereocenters. The molecule has 2 aliphatic rings. The lowest BCUT2D eigenvalue weighted by Crippen LogP contribution is -2.44. The smallest absolute Gasteiger partial charge is 0.356 e. The van der Waals surface area contributed by atoms with E-state index in [1.807, 2.05) is 10.6 Å². The number of hydrogen-bond donors (Lipinski definition) is 1. The molecule has 1 saturated carbocycles. The van der Waals surface area contributed by atoms with Crippen molar-refractivity contribution in [2.45, 2.75) is 62.2 Å². The summed E-state index contributed by atoms with van der Waals surface area (Å²) in [5.74, 6) is 0.919. The van der Waals surface area contributed by atoms with E-state index in [4.69, 9.17) is 25.8 Å². The van der Waals surface area contributed by atoms with Crippen LogP contribution in [0.25, 0.3) is 0 Å². The van der Waals surface area contributed by atoms with Crippen LogP contribution in [-0.2, 0) is 4.74 Å². The number of ether oxygens (including phenoxy) is 3. The minimum absolute atomic E-state index is 0.232. The van der Waals surface area contributed by atoms with Crippen LogP contribution in [0.4, 0.5) is 0 Å². The lowest BCUT2D eigenvalue weighted by atomic mass is 9.77. The molecule has 0 N–H and O–H groups in total. The highest BCUT2D eigenvalue weighted by Gasteiger charge is 2.44. The maximum Gasteiger partial charge on any atom is 0.356 e. The second-order valence-corrected chi connectivity index (χ2v) is 8.43. The minimum atomic E-state index is -0.421. The maximum atomic E-state index is 12.6. The fourth-order valence-electron chi connectivity index (χ4n) is 4.56. The molecule has 0 bridgehead atoms. The number of thiol groups is 1. The van der Waals surface area contributed by atoms with E-state index >= 15 is 0 Å². The highest BCUT2D eigenvalue weighted by molar-refractivity contribution is 7.80. The van der Waals surface area contributed by atoms with Gasteiger partial charge in [-0.3, -0.25) is 0 Å². The summed E-state index contributed by atoms with van der Waals surface area (Å²) in [6.07, 6.45) is 7.57. The van der Waals surface area contributed by atoms with Crippen molar-refractivity contribution < 1.29 is 19.0 Å². The third kappa shape index (κ3) is 3.70. The number of nitrogens with zero attached hydrogens (tertiary/aromatic N) is 2. The molecule has 6 nitrogen and oxygen atoms in total. The number of carbonyl (C=O) groups is 1. The van der Waals surface area contributed by atoms with Crippen LogP contribution in [0.1, 0.15) is 67.5 Å². The Hall–Kier alpha value is -1.86. The zero-order valence-corrected chi connectivity index (χ0v) is 18.3. The van der Waals surface area contributed by atoms with E-state index in [0.717, 1.165) is 31.2 Å². The van der Waals surface area contributed by atoms with E-state index in [1.165, 1.54) is 12.6 Å². The van der Waals surface area contributed by atoms with Crippen molar-refractivity contribution in [3.63, 3.8) is 0 Å². The van der Waals surface area contributed by atoms with Gasteiger partial charge in [0, 0.05) is 18.1 Å². The number of fused-ring (bicyclic) bond motifs is 1. The normalized spacial score (nSPS) is 20.1. The molecular weight excluding hydrogens is 412 g/mol. The van der Waals surface area contributed by atoms with Gasteiger partial charge in [-0.05, 0) is 38.7 Å². The Morgan fingerprint density at radius 2 is 2.14 bits per heavy atom. The van der Waals surface area contributed by atoms with Gasteiger partial charge < -0.3 is 18.8 Å². The first-order chi connectivity index (χ1) is 14.0. The summed E-state index contributed by atoms with van der Waals surface area (Å²) in [6.45, 7) is 2.07. The fourth-order valence-corrected chi connectivity index (χ4v) is 5.19. The molecule has 1 aliphatic carbocycles. The molecule has 1 aromatic carbocycles. The summed E-state index contributed by atoms with van der Waals surface area (Å²) in [5, 5.41) is 0.981. The largest absolute Gasteiger partial charge is 0.497 e. The average molecular weight is 437 g/mol. The first-order valence-electron chi connectivity index (χ1n) is 9.98. The van der Waals surface area contributed by atoms with Crippen LogP contribution in [0.15, 0.2) is 23.5 Å². The Kier molecular flexibility index (Phi) is 5.71. The number of methoxy groups -OCH3 is 1. The zero-order valence-electron chi connectivity index (χ0n) is 16.6. The summed E-state index contributed by atoms with van der Waals surface area (Å²) in [6, 6.07) is 3.42. The Morgan fingerprint density at radius 3 is 2.83 bits per heavy atom. The van der Waals surface area contributed by atoms with Gasteiger partial charge in [-0.25, -0.2) is 9.78 Å². The molecule has 1 fully saturated rings. The Labute approximate surface area is 180 Å². The monoisotopic (exact) mass is 436 g/mol. The van der Waals surface area contributed by atoms with E-state index in [0.29, 0.717) is 33.8 Å². The van der Waals surface area contributed by atoms with Crippen LogP contribution >= 0.6 is 24.2 Å². The molecule has 0 saturated heterocycles. The molecule has 8 heteroatoms. The van der Waals surface area contributed by atoms with Gasteiger partial charge >= 0.3 is 5.97 Å². The van der Waals surface area contributed by atoms with E-state index in [9.17, 15) is 4.79 Å². The molecule has 4 rings (SSSR count). The highest BCUT2D eigenvalue weighted by atomic mass is 35.5. The summed E-state index contributed by atoms with van der Waals surface area (Å²) < 4.78 is 19.0. The topological polar surface area (TPSA) is 62.6 Å². The maximum absolute atomic E-state index is 12.6. The number of benzene rings is 1. The van der Waals surface area contributed by atoms with Crippen molar-refractivity contribution in [3.05, 3.63) is 34.6 Å². The molecule has 1 aromatic heterocycles. The molecule has 1 spiro atoms. The molecule has 0 radical (unpaired) electrons. The number of carbonyl (C=O) groups excluding carboxylic acids is 1. The summed E-state index contributed by atoms with van der Waals surface area (Å²) in [7, 11) is 1.61. The van der Waals surface area contributed by atoms with E-state index in [1.54, 1.807) is 20.1 Å². The molecule has 1 aliphatic heterocycles. The van der Waals surface area contributed by atoms with Crippen molar-refractivity contribution in [2.75, 3.05) is 13.7 Å². The zero-order chi connectivity index (χ0) is 20.6. The van der Waals surface area contributed by atoms with Crippen molar-refractivity contribution in [2.24, 2.45) is 0 Å². The van der Waals surface area contributed by atoms with Gasteiger partial charge in [0.25, 0.3) is 0 Å². The molecule has 1 atom stereocenters. The standard InChI is InChI=1S/C21H25ClN2O4S/c1-3-27-19(25)16-12-23-20(29)24(16)15-11-21(7-5-4-6-8-21)28-17-10-13(26-2)9-14(22)18(15)17/h9-10,12,15H,3-8,11H2,1-2H3,(H,23,29). The molecule has 2 aromatic rings. The van der Waals surface area contributed by atoms with E-state index in [-0.39, 0.29) is 18.2 Å². The molecule has 156 valence electrons. The molecular formula is C21H25ClN2O4S. The Balaban J connectivity index is 1.87.